The molecule has 2 N–H and O–H groups in total. The number of carbonyl (C=O) groups is 2. The molecular weight excluding hydrogens is 392 g/mol. The third kappa shape index (κ3) is 4.45. The number of hydrogen-bond acceptors (Lipinski definition) is 4. The molecule has 2 fully saturated rings. The number of likely N-dealkylation sites (tertiary alicyclic amines) is 1. The molecule has 4 atom stereocenters. The third-order valence-electron chi connectivity index (χ3n) is 6.49. The molecule has 2 bridgehead atoms. The lowest BCUT2D eigenvalue weighted by molar-refractivity contribution is -0.140. The second-order valence-corrected chi connectivity index (χ2v) is 8.78. The third-order valence-corrected chi connectivity index (χ3v) is 6.49. The van der Waals surface area contributed by atoms with Crippen molar-refractivity contribution in [3.8, 4) is 5.75 Å². The summed E-state index contributed by atoms with van der Waals surface area (Å²) in [5.41, 5.74) is 2.37. The highest BCUT2D eigenvalue weighted by atomic mass is 16.5. The van der Waals surface area contributed by atoms with E-state index < -0.39 is 0 Å². The first-order valence-electron chi connectivity index (χ1n) is 11.2. The van der Waals surface area contributed by atoms with Crippen LogP contribution in [0, 0.1) is 37.5 Å². The molecule has 1 heterocycles. The van der Waals surface area contributed by atoms with Gasteiger partial charge >= 0.3 is 0 Å². The van der Waals surface area contributed by atoms with E-state index in [1.807, 2.05) is 12.1 Å². The largest absolute Gasteiger partial charge is 0.492 e. The zero-order valence-corrected chi connectivity index (χ0v) is 18.6. The number of nitrogens with zero attached hydrogens (tertiary/aromatic N) is 2. The average molecular weight is 425 g/mol. The Kier molecular flexibility index (Phi) is 6.30. The summed E-state index contributed by atoms with van der Waals surface area (Å²) in [6.07, 6.45) is 5.92. The first-order valence-corrected chi connectivity index (χ1v) is 11.2. The molecule has 2 amide bonds. The van der Waals surface area contributed by atoms with Crippen molar-refractivity contribution in [1.29, 1.82) is 0 Å². The minimum Gasteiger partial charge on any atom is -0.492 e. The van der Waals surface area contributed by atoms with Gasteiger partial charge in [-0.1, -0.05) is 18.2 Å². The number of aryl methyl sites for hydroxylation is 2. The second-order valence-electron chi connectivity index (χ2n) is 8.78. The molecule has 31 heavy (non-hydrogen) atoms. The number of allylic oxidation sites excluding steroid dienone is 2. The molecule has 3 aliphatic rings. The smallest absolute Gasteiger partial charge is 0.233 e. The fourth-order valence-electron chi connectivity index (χ4n) is 5.20. The van der Waals surface area contributed by atoms with Crippen LogP contribution in [0.25, 0.3) is 0 Å². The molecule has 7 nitrogen and oxygen atoms in total. The summed E-state index contributed by atoms with van der Waals surface area (Å²) in [5, 5.41) is 6.47. The summed E-state index contributed by atoms with van der Waals surface area (Å²) in [7, 11) is 1.72. The van der Waals surface area contributed by atoms with Crippen LogP contribution in [0.5, 0.6) is 5.75 Å². The van der Waals surface area contributed by atoms with Crippen molar-refractivity contribution in [2.75, 3.05) is 33.3 Å². The van der Waals surface area contributed by atoms with Crippen molar-refractivity contribution in [1.82, 2.24) is 15.5 Å². The van der Waals surface area contributed by atoms with Gasteiger partial charge in [0.1, 0.15) is 12.4 Å². The van der Waals surface area contributed by atoms with Crippen LogP contribution in [-0.4, -0.2) is 56.0 Å². The van der Waals surface area contributed by atoms with Gasteiger partial charge in [-0.15, -0.1) is 0 Å². The van der Waals surface area contributed by atoms with E-state index in [-0.39, 0.29) is 35.5 Å². The van der Waals surface area contributed by atoms with E-state index in [1.165, 1.54) is 16.0 Å². The molecule has 2 aliphatic carbocycles. The Hall–Kier alpha value is -2.83. The van der Waals surface area contributed by atoms with Crippen molar-refractivity contribution in [3.63, 3.8) is 0 Å². The number of ether oxygens (including phenoxy) is 1. The summed E-state index contributed by atoms with van der Waals surface area (Å²) in [6.45, 7) is 6.36. The van der Waals surface area contributed by atoms with Gasteiger partial charge in [-0.05, 0) is 61.8 Å². The van der Waals surface area contributed by atoms with Crippen LogP contribution in [0.15, 0.2) is 35.3 Å². The van der Waals surface area contributed by atoms with Crippen molar-refractivity contribution in [2.45, 2.75) is 26.7 Å². The first kappa shape index (κ1) is 21.4. The fourth-order valence-corrected chi connectivity index (χ4v) is 5.20. The molecule has 1 saturated carbocycles. The van der Waals surface area contributed by atoms with Crippen molar-refractivity contribution in [3.05, 3.63) is 41.5 Å². The summed E-state index contributed by atoms with van der Waals surface area (Å²) in [6, 6.07) is 6.17. The van der Waals surface area contributed by atoms with Crippen molar-refractivity contribution >= 4 is 17.8 Å². The van der Waals surface area contributed by atoms with Gasteiger partial charge in [-0.2, -0.15) is 0 Å². The van der Waals surface area contributed by atoms with E-state index in [2.05, 4.69) is 47.7 Å². The number of nitrogens with one attached hydrogen (secondary N) is 2. The van der Waals surface area contributed by atoms with Crippen LogP contribution in [0.2, 0.25) is 0 Å². The summed E-state index contributed by atoms with van der Waals surface area (Å²) >= 11 is 0. The van der Waals surface area contributed by atoms with Gasteiger partial charge in [0.05, 0.1) is 18.4 Å². The SMILES string of the molecule is CN=C(NCCCN1C(=O)C2C3C=CC(C3)C2C1=O)NCCOc1cc(C)cc(C)c1. The van der Waals surface area contributed by atoms with Crippen LogP contribution in [0.3, 0.4) is 0 Å². The molecule has 7 heteroatoms. The van der Waals surface area contributed by atoms with Crippen LogP contribution in [-0.2, 0) is 9.59 Å². The number of imide groups is 1. The van der Waals surface area contributed by atoms with E-state index >= 15 is 0 Å². The van der Waals surface area contributed by atoms with Crippen LogP contribution in [0.1, 0.15) is 24.0 Å². The van der Waals surface area contributed by atoms with Gasteiger partial charge in [0.15, 0.2) is 5.96 Å². The molecule has 0 spiro atoms. The number of carbonyl (C=O) groups excluding carboxylic acids is 2. The maximum absolute atomic E-state index is 12.7. The molecule has 166 valence electrons. The van der Waals surface area contributed by atoms with Gasteiger partial charge in [0, 0.05) is 20.1 Å². The molecule has 1 aromatic carbocycles. The topological polar surface area (TPSA) is 83.0 Å². The minimum absolute atomic E-state index is 0.0258. The lowest BCUT2D eigenvalue weighted by Gasteiger charge is -2.18. The van der Waals surface area contributed by atoms with Crippen LogP contribution >= 0.6 is 0 Å². The van der Waals surface area contributed by atoms with Gasteiger partial charge < -0.3 is 15.4 Å². The van der Waals surface area contributed by atoms with E-state index in [1.54, 1.807) is 7.05 Å². The maximum Gasteiger partial charge on any atom is 0.233 e. The average Bonchev–Trinajstić information content (AvgIpc) is 3.41. The first-order chi connectivity index (χ1) is 15.0. The predicted octanol–water partition coefficient (Wildman–Crippen LogP) is 2.04. The number of rotatable bonds is 8. The van der Waals surface area contributed by atoms with Crippen molar-refractivity contribution < 1.29 is 14.3 Å². The Morgan fingerprint density at radius 1 is 1.03 bits per heavy atom. The summed E-state index contributed by atoms with van der Waals surface area (Å²) in [4.78, 5) is 31.1. The predicted molar refractivity (Wildman–Crippen MR) is 120 cm³/mol. The number of benzene rings is 1. The molecular formula is C24H32N4O3. The van der Waals surface area contributed by atoms with Gasteiger partial charge in [0.25, 0.3) is 0 Å². The Bertz CT molecular complexity index is 860. The van der Waals surface area contributed by atoms with Gasteiger partial charge in [-0.25, -0.2) is 0 Å². The highest BCUT2D eigenvalue weighted by Crippen LogP contribution is 2.52. The monoisotopic (exact) mass is 424 g/mol. The quantitative estimate of drug-likeness (QED) is 0.219. The zero-order chi connectivity index (χ0) is 22.0. The lowest BCUT2D eigenvalue weighted by Crippen LogP contribution is -2.41. The molecule has 1 saturated heterocycles. The Morgan fingerprint density at radius 2 is 1.65 bits per heavy atom. The molecule has 0 aromatic heterocycles. The van der Waals surface area contributed by atoms with E-state index in [0.29, 0.717) is 38.6 Å². The molecule has 1 aromatic rings. The van der Waals surface area contributed by atoms with Crippen molar-refractivity contribution in [2.24, 2.45) is 28.7 Å². The minimum atomic E-state index is -0.109. The highest BCUT2D eigenvalue weighted by Gasteiger charge is 2.58. The van der Waals surface area contributed by atoms with Crippen LogP contribution in [0.4, 0.5) is 0 Å². The molecule has 0 radical (unpaired) electrons. The van der Waals surface area contributed by atoms with E-state index in [0.717, 1.165) is 12.2 Å². The number of guanidine groups is 1. The molecule has 4 rings (SSSR count). The Morgan fingerprint density at radius 3 is 2.26 bits per heavy atom. The zero-order valence-electron chi connectivity index (χ0n) is 18.6. The Labute approximate surface area is 183 Å². The number of hydrogen-bond donors (Lipinski definition) is 2. The second kappa shape index (κ2) is 9.12. The molecule has 1 aliphatic heterocycles. The summed E-state index contributed by atoms with van der Waals surface area (Å²) < 4.78 is 5.81. The van der Waals surface area contributed by atoms with Gasteiger partial charge in [0.2, 0.25) is 11.8 Å². The lowest BCUT2D eigenvalue weighted by atomic mass is 9.85. The highest BCUT2D eigenvalue weighted by molar-refractivity contribution is 6.06. The van der Waals surface area contributed by atoms with Gasteiger partial charge in [-0.3, -0.25) is 19.5 Å². The number of fused-ring (bicyclic) bond motifs is 5. The Balaban J connectivity index is 1.15. The molecule has 4 unspecified atom stereocenters. The number of aliphatic imine (C=N–C) groups is 1. The normalized spacial score (nSPS) is 26.5. The maximum atomic E-state index is 12.7. The standard InChI is InChI=1S/C24H32N4O3/c1-15-11-16(2)13-19(12-15)31-10-8-27-24(25-3)26-7-4-9-28-22(29)20-17-5-6-18(14-17)21(20)23(28)30/h5-6,11-13,17-18,20-21H,4,7-10,14H2,1-3H3,(H2,25,26,27). The summed E-state index contributed by atoms with van der Waals surface area (Å²) in [5.74, 6) is 1.92. The van der Waals surface area contributed by atoms with E-state index in [4.69, 9.17) is 4.74 Å². The number of amides is 2. The fraction of sp³-hybridized carbons (Fsp3) is 0.542. The van der Waals surface area contributed by atoms with E-state index in [9.17, 15) is 9.59 Å². The van der Waals surface area contributed by atoms with Crippen LogP contribution < -0.4 is 15.4 Å².